The van der Waals surface area contributed by atoms with Crippen molar-refractivity contribution in [3.05, 3.63) is 63.8 Å². The van der Waals surface area contributed by atoms with E-state index in [9.17, 15) is 9.59 Å². The average molecular weight is 419 g/mol. The van der Waals surface area contributed by atoms with Gasteiger partial charge in [-0.1, -0.05) is 6.92 Å². The van der Waals surface area contributed by atoms with E-state index >= 15 is 0 Å². The summed E-state index contributed by atoms with van der Waals surface area (Å²) in [6, 6.07) is 7.53. The Morgan fingerprint density at radius 1 is 1.13 bits per heavy atom. The van der Waals surface area contributed by atoms with Crippen LogP contribution in [0.2, 0.25) is 0 Å². The van der Waals surface area contributed by atoms with Crippen molar-refractivity contribution < 1.29 is 4.79 Å². The molecule has 3 heterocycles. The minimum atomic E-state index is -0.182. The van der Waals surface area contributed by atoms with Crippen molar-refractivity contribution in [1.82, 2.24) is 25.6 Å². The molecule has 31 heavy (non-hydrogen) atoms. The summed E-state index contributed by atoms with van der Waals surface area (Å²) in [5.74, 6) is -0.182. The van der Waals surface area contributed by atoms with Gasteiger partial charge in [0.15, 0.2) is 0 Å². The topological polar surface area (TPSA) is 112 Å². The summed E-state index contributed by atoms with van der Waals surface area (Å²) in [5, 5.41) is 9.84. The molecule has 3 aromatic rings. The molecule has 3 aromatic heterocycles. The van der Waals surface area contributed by atoms with Gasteiger partial charge in [-0.25, -0.2) is 4.98 Å². The van der Waals surface area contributed by atoms with Crippen molar-refractivity contribution in [2.24, 2.45) is 0 Å². The molecule has 1 amide bonds. The number of pyridine rings is 3. The monoisotopic (exact) mass is 418 g/mol. The summed E-state index contributed by atoms with van der Waals surface area (Å²) in [7, 11) is 1.60. The molecule has 8 heteroatoms. The minimum Gasteiger partial charge on any atom is -0.378 e. The number of carbonyl (C=O) groups is 1. The number of aromatic amines is 1. The molecule has 6 rings (SSSR count). The largest absolute Gasteiger partial charge is 0.378 e. The van der Waals surface area contributed by atoms with E-state index in [0.29, 0.717) is 12.1 Å². The average Bonchev–Trinajstić information content (AvgIpc) is 2.73. The van der Waals surface area contributed by atoms with Crippen molar-refractivity contribution in [1.29, 1.82) is 0 Å². The third-order valence-corrected chi connectivity index (χ3v) is 6.54. The number of H-pyrrole nitrogens is 1. The first-order chi connectivity index (χ1) is 14.9. The Morgan fingerprint density at radius 3 is 2.61 bits per heavy atom. The maximum Gasteiger partial charge on any atom is 0.269 e. The number of rotatable bonds is 7. The molecule has 3 aliphatic rings. The number of fused-ring (bicyclic) bond motifs is 1. The lowest BCUT2D eigenvalue weighted by molar-refractivity contribution is -0.0644. The third kappa shape index (κ3) is 3.46. The van der Waals surface area contributed by atoms with Crippen LogP contribution in [0, 0.1) is 0 Å². The maximum atomic E-state index is 12.1. The Labute approximate surface area is 179 Å². The SMILES string of the molecule is CCc1cc2ncc(CNC34CC(Nc5ccc(C(=O)NC)nc5)(C3)C4)cc2[nH]c1=O. The van der Waals surface area contributed by atoms with E-state index in [-0.39, 0.29) is 22.5 Å². The van der Waals surface area contributed by atoms with E-state index in [1.807, 2.05) is 31.3 Å². The number of carbonyl (C=O) groups excluding carboxylic acids is 1. The zero-order valence-corrected chi connectivity index (χ0v) is 17.7. The van der Waals surface area contributed by atoms with Gasteiger partial charge in [-0.15, -0.1) is 0 Å². The Morgan fingerprint density at radius 2 is 1.94 bits per heavy atom. The van der Waals surface area contributed by atoms with Crippen LogP contribution in [-0.4, -0.2) is 39.0 Å². The van der Waals surface area contributed by atoms with Crippen molar-refractivity contribution in [3.63, 3.8) is 0 Å². The highest BCUT2D eigenvalue weighted by Gasteiger charge is 2.67. The highest BCUT2D eigenvalue weighted by atomic mass is 16.1. The van der Waals surface area contributed by atoms with Gasteiger partial charge in [0, 0.05) is 36.4 Å². The first kappa shape index (κ1) is 19.7. The zero-order chi connectivity index (χ0) is 21.6. The van der Waals surface area contributed by atoms with Crippen LogP contribution in [0.3, 0.4) is 0 Å². The number of aryl methyl sites for hydroxylation is 1. The van der Waals surface area contributed by atoms with Crippen molar-refractivity contribution >= 4 is 22.6 Å². The molecule has 0 saturated heterocycles. The lowest BCUT2D eigenvalue weighted by atomic mass is 9.44. The minimum absolute atomic E-state index is 0.0350. The van der Waals surface area contributed by atoms with Gasteiger partial charge < -0.3 is 20.9 Å². The van der Waals surface area contributed by atoms with Crippen LogP contribution in [0.4, 0.5) is 5.69 Å². The number of amides is 1. The van der Waals surface area contributed by atoms with Gasteiger partial charge in [0.1, 0.15) is 5.69 Å². The van der Waals surface area contributed by atoms with E-state index in [1.165, 1.54) is 0 Å². The smallest absolute Gasteiger partial charge is 0.269 e. The normalized spacial score (nSPS) is 23.7. The summed E-state index contributed by atoms with van der Waals surface area (Å²) in [5.41, 5.74) is 5.03. The molecule has 3 fully saturated rings. The number of nitrogens with one attached hydrogen (secondary N) is 4. The number of hydrogen-bond acceptors (Lipinski definition) is 6. The standard InChI is InChI=1S/C23H26N6O2/c1-3-15-7-18-19(28-20(15)30)6-14(8-25-18)9-27-22-11-23(12-22,13-22)29-16-4-5-17(26-10-16)21(31)24-2/h4-8,10,27,29H,3,9,11-13H2,1-2H3,(H,24,31)(H,28,30). The molecule has 0 spiro atoms. The lowest BCUT2D eigenvalue weighted by Gasteiger charge is -2.71. The molecular formula is C23H26N6O2. The molecule has 0 atom stereocenters. The molecular weight excluding hydrogens is 392 g/mol. The highest BCUT2D eigenvalue weighted by molar-refractivity contribution is 5.92. The van der Waals surface area contributed by atoms with Crippen molar-refractivity contribution in [2.75, 3.05) is 12.4 Å². The van der Waals surface area contributed by atoms with Gasteiger partial charge in [0.25, 0.3) is 11.5 Å². The first-order valence-corrected chi connectivity index (χ1v) is 10.7. The Hall–Kier alpha value is -3.26. The highest BCUT2D eigenvalue weighted by Crippen LogP contribution is 2.61. The van der Waals surface area contributed by atoms with E-state index in [1.54, 1.807) is 19.3 Å². The number of aromatic nitrogens is 3. The van der Waals surface area contributed by atoms with E-state index < -0.39 is 0 Å². The number of anilines is 1. The first-order valence-electron chi connectivity index (χ1n) is 10.7. The van der Waals surface area contributed by atoms with Crippen molar-refractivity contribution in [3.8, 4) is 0 Å². The summed E-state index contributed by atoms with van der Waals surface area (Å²) in [6.07, 6.45) is 7.45. The van der Waals surface area contributed by atoms with Gasteiger partial charge in [-0.2, -0.15) is 0 Å². The predicted octanol–water partition coefficient (Wildman–Crippen LogP) is 2.12. The Kier molecular flexibility index (Phi) is 4.55. The van der Waals surface area contributed by atoms with Gasteiger partial charge in [-0.3, -0.25) is 14.6 Å². The van der Waals surface area contributed by atoms with Crippen LogP contribution in [0.5, 0.6) is 0 Å². The molecule has 4 N–H and O–H groups in total. The van der Waals surface area contributed by atoms with Gasteiger partial charge in [0.2, 0.25) is 0 Å². The second kappa shape index (κ2) is 7.16. The fraction of sp³-hybridized carbons (Fsp3) is 0.391. The molecule has 3 aliphatic carbocycles. The summed E-state index contributed by atoms with van der Waals surface area (Å²) in [6.45, 7) is 2.69. The Bertz CT molecular complexity index is 1200. The van der Waals surface area contributed by atoms with Crippen LogP contribution in [0.1, 0.15) is 47.8 Å². The summed E-state index contributed by atoms with van der Waals surface area (Å²) < 4.78 is 0. The molecule has 2 bridgehead atoms. The van der Waals surface area contributed by atoms with Crippen LogP contribution >= 0.6 is 0 Å². The van der Waals surface area contributed by atoms with Crippen molar-refractivity contribution in [2.45, 2.75) is 50.2 Å². The maximum absolute atomic E-state index is 12.1. The van der Waals surface area contributed by atoms with Crippen LogP contribution < -0.4 is 21.5 Å². The molecule has 0 aromatic carbocycles. The van der Waals surface area contributed by atoms with Crippen LogP contribution in [0.15, 0.2) is 41.5 Å². The molecule has 0 unspecified atom stereocenters. The fourth-order valence-electron chi connectivity index (χ4n) is 4.96. The van der Waals surface area contributed by atoms with Crippen LogP contribution in [0.25, 0.3) is 11.0 Å². The molecule has 160 valence electrons. The van der Waals surface area contributed by atoms with Gasteiger partial charge in [-0.05, 0) is 55.5 Å². The zero-order valence-electron chi connectivity index (χ0n) is 17.7. The second-order valence-electron chi connectivity index (χ2n) is 8.83. The summed E-state index contributed by atoms with van der Waals surface area (Å²) >= 11 is 0. The molecule has 8 nitrogen and oxygen atoms in total. The molecule has 3 saturated carbocycles. The number of nitrogens with zero attached hydrogens (tertiary/aromatic N) is 2. The van der Waals surface area contributed by atoms with Crippen LogP contribution in [-0.2, 0) is 13.0 Å². The van der Waals surface area contributed by atoms with Gasteiger partial charge >= 0.3 is 0 Å². The third-order valence-electron chi connectivity index (χ3n) is 6.54. The second-order valence-corrected chi connectivity index (χ2v) is 8.83. The lowest BCUT2D eigenvalue weighted by Crippen LogP contribution is -2.80. The molecule has 0 aliphatic heterocycles. The summed E-state index contributed by atoms with van der Waals surface area (Å²) in [4.78, 5) is 35.4. The number of hydrogen-bond donors (Lipinski definition) is 4. The van der Waals surface area contributed by atoms with Gasteiger partial charge in [0.05, 0.1) is 22.9 Å². The fourth-order valence-corrected chi connectivity index (χ4v) is 4.96. The Balaban J connectivity index is 1.18. The van der Waals surface area contributed by atoms with E-state index in [4.69, 9.17) is 0 Å². The molecule has 0 radical (unpaired) electrons. The quantitative estimate of drug-likeness (QED) is 0.468. The van der Waals surface area contributed by atoms with E-state index in [0.717, 1.165) is 53.7 Å². The predicted molar refractivity (Wildman–Crippen MR) is 119 cm³/mol. The van der Waals surface area contributed by atoms with E-state index in [2.05, 4.69) is 30.9 Å².